The van der Waals surface area contributed by atoms with Gasteiger partial charge in [0.2, 0.25) is 0 Å². The third-order valence-electron chi connectivity index (χ3n) is 7.03. The molecule has 9 N–H and O–H groups in total. The van der Waals surface area contributed by atoms with Crippen LogP contribution in [0.4, 0.5) is 0 Å². The third-order valence-corrected chi connectivity index (χ3v) is 8.52. The van der Waals surface area contributed by atoms with Crippen molar-refractivity contribution in [3.63, 3.8) is 0 Å². The van der Waals surface area contributed by atoms with Gasteiger partial charge in [-0.1, -0.05) is 64.8 Å². The lowest BCUT2D eigenvalue weighted by Gasteiger charge is -2.47. The quantitative estimate of drug-likeness (QED) is 0.284. The minimum atomic E-state index is 0. The van der Waals surface area contributed by atoms with Crippen LogP contribution in [0, 0.1) is 17.3 Å². The largest absolute Gasteiger partial charge is 0.497 e. The molecule has 35 heavy (non-hydrogen) atoms. The van der Waals surface area contributed by atoms with Crippen LogP contribution in [0.1, 0.15) is 67.2 Å². The molecule has 0 bridgehead atoms. The molecule has 1 aliphatic heterocycles. The lowest BCUT2D eigenvalue weighted by Crippen LogP contribution is -2.51. The molecule has 7 nitrogen and oxygen atoms in total. The molecule has 1 fully saturated rings. The molecule has 1 saturated heterocycles. The molecule has 3 aliphatic rings. The maximum atomic E-state index is 6.33. The van der Waals surface area contributed by atoms with E-state index in [0.29, 0.717) is 33.9 Å². The van der Waals surface area contributed by atoms with Crippen molar-refractivity contribution in [3.05, 3.63) is 35.6 Å². The first kappa shape index (κ1) is 38.9. The summed E-state index contributed by atoms with van der Waals surface area (Å²) in [6.07, 6.45) is 14.7. The Bertz CT molecular complexity index is 672. The number of ether oxygens (including phenoxy) is 1. The summed E-state index contributed by atoms with van der Waals surface area (Å²) in [6, 6.07) is 0.495. The van der Waals surface area contributed by atoms with Crippen molar-refractivity contribution in [1.82, 2.24) is 9.62 Å². The predicted molar refractivity (Wildman–Crippen MR) is 153 cm³/mol. The van der Waals surface area contributed by atoms with Crippen molar-refractivity contribution < 1.29 is 26.6 Å². The Hall–Kier alpha value is -0.580. The number of nitrogens with zero attached hydrogens (tertiary/aromatic N) is 1. The number of methoxy groups -OCH3 is 1. The Morgan fingerprint density at radius 1 is 1.14 bits per heavy atom. The molecule has 3 rings (SSSR count). The minimum absolute atomic E-state index is 0. The zero-order valence-electron chi connectivity index (χ0n) is 21.5. The molecule has 9 heteroatoms. The zero-order valence-corrected chi connectivity index (χ0v) is 23.1. The number of hydrogen-bond donors (Lipinski definition) is 1. The highest BCUT2D eigenvalue weighted by atomic mass is 35.5. The summed E-state index contributed by atoms with van der Waals surface area (Å²) in [7, 11) is 1.74. The standard InChI is InChI=1S/C25H41ClN2OS.CH4.4H2O/c1-18(2)24(27-30-22-12-10-21(29-5)11-13-22)16-28-15-14-23(25(3,4)17-28)19-6-8-20(26)9-7-19;;;;;/h6,10-12,18,20,22-24,27H,7-9,13-17H2,1-5H3;1H4;4*1H2/t20?,22?,23-,24+;;;;;/m1...../s1. The second kappa shape index (κ2) is 17.8. The van der Waals surface area contributed by atoms with E-state index in [0.717, 1.165) is 31.6 Å². The summed E-state index contributed by atoms with van der Waals surface area (Å²) in [5, 5.41) is 0.833. The molecular formula is C26H53ClN2O5S. The van der Waals surface area contributed by atoms with Crippen LogP contribution < -0.4 is 4.72 Å². The van der Waals surface area contributed by atoms with Crippen LogP contribution >= 0.6 is 23.5 Å². The smallest absolute Gasteiger partial charge is 0.114 e. The highest BCUT2D eigenvalue weighted by molar-refractivity contribution is 7.98. The Morgan fingerprint density at radius 3 is 2.31 bits per heavy atom. The fourth-order valence-corrected chi connectivity index (χ4v) is 6.35. The van der Waals surface area contributed by atoms with Crippen LogP contribution in [0.3, 0.4) is 0 Å². The van der Waals surface area contributed by atoms with Gasteiger partial charge in [-0.25, -0.2) is 0 Å². The average molecular weight is 541 g/mol. The average Bonchev–Trinajstić information content (AvgIpc) is 2.71. The van der Waals surface area contributed by atoms with Gasteiger partial charge in [-0.05, 0) is 68.1 Å². The molecular weight excluding hydrogens is 488 g/mol. The van der Waals surface area contributed by atoms with Crippen LogP contribution in [-0.2, 0) is 4.74 Å². The Balaban J connectivity index is -0.00000205. The molecule has 0 radical (unpaired) electrons. The highest BCUT2D eigenvalue weighted by Crippen LogP contribution is 2.43. The summed E-state index contributed by atoms with van der Waals surface area (Å²) in [6.45, 7) is 13.1. The first-order valence-electron chi connectivity index (χ1n) is 11.7. The van der Waals surface area contributed by atoms with E-state index in [2.05, 4.69) is 61.6 Å². The second-order valence-electron chi connectivity index (χ2n) is 10.2. The topological polar surface area (TPSA) is 150 Å². The van der Waals surface area contributed by atoms with Gasteiger partial charge >= 0.3 is 0 Å². The number of hydrogen-bond acceptors (Lipinski definition) is 4. The number of nitrogens with one attached hydrogen (secondary N) is 1. The summed E-state index contributed by atoms with van der Waals surface area (Å²) in [5.41, 5.74) is 2.00. The molecule has 0 aromatic heterocycles. The Kier molecular flexibility index (Phi) is 19.8. The van der Waals surface area contributed by atoms with Gasteiger partial charge in [-0.15, -0.1) is 11.6 Å². The lowest BCUT2D eigenvalue weighted by molar-refractivity contribution is 0.0624. The maximum absolute atomic E-state index is 6.33. The SMILES string of the molecule is C.COC1=CCC(SN[C@@H](CN2CC[C@H](C3=CCC(Cl)CC3)C(C)(C)C2)C(C)C)C=C1.O.O.O.O. The van der Waals surface area contributed by atoms with E-state index < -0.39 is 0 Å². The van der Waals surface area contributed by atoms with Crippen molar-refractivity contribution in [2.45, 2.75) is 83.9 Å². The summed E-state index contributed by atoms with van der Waals surface area (Å²) in [5.74, 6) is 2.30. The number of allylic oxidation sites excluding steroid dienone is 4. The van der Waals surface area contributed by atoms with Gasteiger partial charge in [0.05, 0.1) is 7.11 Å². The minimum Gasteiger partial charge on any atom is -0.497 e. The van der Waals surface area contributed by atoms with Crippen molar-refractivity contribution >= 4 is 23.5 Å². The molecule has 210 valence electrons. The zero-order chi connectivity index (χ0) is 21.7. The van der Waals surface area contributed by atoms with Crippen LogP contribution in [-0.4, -0.2) is 70.2 Å². The molecule has 2 aliphatic carbocycles. The second-order valence-corrected chi connectivity index (χ2v) is 11.9. The number of likely N-dealkylation sites (tertiary alicyclic amines) is 1. The fraction of sp³-hybridized carbons (Fsp3) is 0.769. The van der Waals surface area contributed by atoms with E-state index in [9.17, 15) is 0 Å². The Labute approximate surface area is 223 Å². The molecule has 0 amide bonds. The predicted octanol–water partition coefficient (Wildman–Crippen LogP) is 3.51. The van der Waals surface area contributed by atoms with E-state index in [4.69, 9.17) is 16.3 Å². The molecule has 0 spiro atoms. The van der Waals surface area contributed by atoms with Crippen molar-refractivity contribution in [2.24, 2.45) is 17.3 Å². The van der Waals surface area contributed by atoms with Crippen LogP contribution in [0.15, 0.2) is 35.6 Å². The van der Waals surface area contributed by atoms with E-state index in [-0.39, 0.29) is 29.3 Å². The van der Waals surface area contributed by atoms with Gasteiger partial charge in [0.25, 0.3) is 0 Å². The molecule has 0 aromatic rings. The summed E-state index contributed by atoms with van der Waals surface area (Å²) in [4.78, 5) is 2.70. The lowest BCUT2D eigenvalue weighted by atomic mass is 9.68. The first-order valence-corrected chi connectivity index (χ1v) is 13.0. The highest BCUT2D eigenvalue weighted by Gasteiger charge is 2.38. The summed E-state index contributed by atoms with van der Waals surface area (Å²) < 4.78 is 9.11. The van der Waals surface area contributed by atoms with Gasteiger partial charge in [0.15, 0.2) is 0 Å². The van der Waals surface area contributed by atoms with Crippen LogP contribution in [0.5, 0.6) is 0 Å². The molecule has 1 heterocycles. The van der Waals surface area contributed by atoms with Gasteiger partial charge in [0.1, 0.15) is 5.76 Å². The van der Waals surface area contributed by atoms with Crippen molar-refractivity contribution in [1.29, 1.82) is 0 Å². The van der Waals surface area contributed by atoms with Crippen LogP contribution in [0.2, 0.25) is 0 Å². The monoisotopic (exact) mass is 540 g/mol. The van der Waals surface area contributed by atoms with E-state index in [1.54, 1.807) is 12.7 Å². The van der Waals surface area contributed by atoms with E-state index in [1.165, 1.54) is 25.9 Å². The van der Waals surface area contributed by atoms with Crippen LogP contribution in [0.25, 0.3) is 0 Å². The van der Waals surface area contributed by atoms with Crippen molar-refractivity contribution in [2.75, 3.05) is 26.7 Å². The van der Waals surface area contributed by atoms with E-state index >= 15 is 0 Å². The number of alkyl halides is 1. The van der Waals surface area contributed by atoms with Gasteiger partial charge in [-0.2, -0.15) is 0 Å². The first-order chi connectivity index (χ1) is 14.3. The van der Waals surface area contributed by atoms with Gasteiger partial charge in [0, 0.05) is 29.8 Å². The summed E-state index contributed by atoms with van der Waals surface area (Å²) >= 11 is 8.20. The number of halogens is 1. The molecule has 0 saturated carbocycles. The van der Waals surface area contributed by atoms with Crippen molar-refractivity contribution in [3.8, 4) is 0 Å². The number of piperidine rings is 1. The van der Waals surface area contributed by atoms with Gasteiger partial charge < -0.3 is 31.5 Å². The third kappa shape index (κ3) is 11.1. The molecule has 0 aromatic carbocycles. The number of rotatable bonds is 8. The fourth-order valence-electron chi connectivity index (χ4n) is 5.11. The Morgan fingerprint density at radius 2 is 1.83 bits per heavy atom. The van der Waals surface area contributed by atoms with Gasteiger partial charge in [-0.3, -0.25) is 4.72 Å². The molecule has 2 unspecified atom stereocenters. The normalized spacial score (nSPS) is 26.3. The maximum Gasteiger partial charge on any atom is 0.114 e. The van der Waals surface area contributed by atoms with E-state index in [1.807, 2.05) is 11.9 Å². The molecule has 4 atom stereocenters.